The molecule has 0 saturated heterocycles. The highest BCUT2D eigenvalue weighted by molar-refractivity contribution is 6.13. The van der Waals surface area contributed by atoms with E-state index in [1.165, 1.54) is 5.56 Å². The standard InChI is InChI=1S/C45H27N5O/c46-27-29-10-7-15-32(24-29)36-21-23-39(47-28-36)45-49-43(31-13-5-2-6-14-31)48-44(50-45)35-20-22-38-41(26-35)51-40-19-9-18-37(42(38)40)34-17-8-16-33(25-34)30-11-3-1-4-12-30/h1-26,28H. The Morgan fingerprint density at radius 3 is 1.86 bits per heavy atom. The first-order valence-corrected chi connectivity index (χ1v) is 16.6. The van der Waals surface area contributed by atoms with E-state index in [2.05, 4.69) is 66.7 Å². The number of hydrogen-bond donors (Lipinski definition) is 0. The predicted octanol–water partition coefficient (Wildman–Crippen LogP) is 11.0. The Hall–Kier alpha value is -7.23. The molecule has 0 bridgehead atoms. The van der Waals surface area contributed by atoms with Gasteiger partial charge in [0, 0.05) is 33.7 Å². The van der Waals surface area contributed by atoms with Crippen molar-refractivity contribution >= 4 is 21.9 Å². The Morgan fingerprint density at radius 1 is 0.451 bits per heavy atom. The number of fused-ring (bicyclic) bond motifs is 3. The fraction of sp³-hybridized carbons (Fsp3) is 0. The van der Waals surface area contributed by atoms with Crippen LogP contribution in [-0.4, -0.2) is 19.9 Å². The molecule has 0 N–H and O–H groups in total. The lowest BCUT2D eigenvalue weighted by Crippen LogP contribution is -2.01. The van der Waals surface area contributed by atoms with Gasteiger partial charge in [-0.15, -0.1) is 0 Å². The molecule has 0 aliphatic heterocycles. The van der Waals surface area contributed by atoms with Gasteiger partial charge in [0.05, 0.1) is 11.6 Å². The Morgan fingerprint density at radius 2 is 1.10 bits per heavy atom. The average Bonchev–Trinajstić information content (AvgIpc) is 3.60. The number of aromatic nitrogens is 4. The van der Waals surface area contributed by atoms with Crippen molar-refractivity contribution in [1.82, 2.24) is 19.9 Å². The highest BCUT2D eigenvalue weighted by Crippen LogP contribution is 2.39. The van der Waals surface area contributed by atoms with Crippen molar-refractivity contribution in [3.63, 3.8) is 0 Å². The molecule has 0 saturated carbocycles. The van der Waals surface area contributed by atoms with Crippen LogP contribution in [0.4, 0.5) is 0 Å². The molecule has 0 spiro atoms. The van der Waals surface area contributed by atoms with E-state index in [0.717, 1.165) is 60.9 Å². The summed E-state index contributed by atoms with van der Waals surface area (Å²) >= 11 is 0. The van der Waals surface area contributed by atoms with Crippen molar-refractivity contribution in [1.29, 1.82) is 5.26 Å². The maximum Gasteiger partial charge on any atom is 0.182 e. The van der Waals surface area contributed by atoms with Gasteiger partial charge in [-0.05, 0) is 70.3 Å². The van der Waals surface area contributed by atoms with Crippen LogP contribution in [0.15, 0.2) is 168 Å². The number of furan rings is 1. The number of benzene rings is 6. The molecule has 6 aromatic carbocycles. The van der Waals surface area contributed by atoms with E-state index in [1.807, 2.05) is 91.0 Å². The predicted molar refractivity (Wildman–Crippen MR) is 202 cm³/mol. The van der Waals surface area contributed by atoms with Gasteiger partial charge >= 0.3 is 0 Å². The molecule has 0 aliphatic rings. The van der Waals surface area contributed by atoms with Gasteiger partial charge in [-0.1, -0.05) is 115 Å². The first-order valence-electron chi connectivity index (χ1n) is 16.6. The van der Waals surface area contributed by atoms with Crippen molar-refractivity contribution in [2.24, 2.45) is 0 Å². The van der Waals surface area contributed by atoms with E-state index in [0.29, 0.717) is 28.7 Å². The lowest BCUT2D eigenvalue weighted by Gasteiger charge is -2.09. The summed E-state index contributed by atoms with van der Waals surface area (Å²) < 4.78 is 6.49. The highest BCUT2D eigenvalue weighted by Gasteiger charge is 2.17. The summed E-state index contributed by atoms with van der Waals surface area (Å²) in [5, 5.41) is 11.4. The Bertz CT molecular complexity index is 2750. The molecule has 0 radical (unpaired) electrons. The summed E-state index contributed by atoms with van der Waals surface area (Å²) in [6.45, 7) is 0. The number of pyridine rings is 1. The van der Waals surface area contributed by atoms with E-state index in [-0.39, 0.29) is 0 Å². The molecule has 51 heavy (non-hydrogen) atoms. The monoisotopic (exact) mass is 653 g/mol. The van der Waals surface area contributed by atoms with Gasteiger partial charge in [0.15, 0.2) is 17.5 Å². The zero-order chi connectivity index (χ0) is 34.1. The van der Waals surface area contributed by atoms with Gasteiger partial charge in [0.25, 0.3) is 0 Å². The number of nitrogens with zero attached hydrogens (tertiary/aromatic N) is 5. The quantitative estimate of drug-likeness (QED) is 0.177. The van der Waals surface area contributed by atoms with Gasteiger partial charge in [0.2, 0.25) is 0 Å². The molecule has 0 fully saturated rings. The number of nitriles is 1. The lowest BCUT2D eigenvalue weighted by molar-refractivity contribution is 0.669. The second kappa shape index (κ2) is 12.7. The third-order valence-electron chi connectivity index (χ3n) is 9.02. The van der Waals surface area contributed by atoms with Crippen LogP contribution in [0.2, 0.25) is 0 Å². The number of rotatable bonds is 6. The SMILES string of the molecule is N#Cc1cccc(-c2ccc(-c3nc(-c4ccccc4)nc(-c4ccc5c(c4)oc4cccc(-c6cccc(-c7ccccc7)c6)c45)n3)nc2)c1. The van der Waals surface area contributed by atoms with Crippen molar-refractivity contribution in [3.05, 3.63) is 169 Å². The zero-order valence-corrected chi connectivity index (χ0v) is 27.2. The van der Waals surface area contributed by atoms with Crippen molar-refractivity contribution in [2.75, 3.05) is 0 Å². The van der Waals surface area contributed by atoms with Crippen LogP contribution in [0.3, 0.4) is 0 Å². The van der Waals surface area contributed by atoms with E-state index in [9.17, 15) is 5.26 Å². The van der Waals surface area contributed by atoms with E-state index in [4.69, 9.17) is 24.4 Å². The van der Waals surface area contributed by atoms with Crippen LogP contribution >= 0.6 is 0 Å². The van der Waals surface area contributed by atoms with Crippen LogP contribution in [0.5, 0.6) is 0 Å². The van der Waals surface area contributed by atoms with Gasteiger partial charge in [-0.3, -0.25) is 4.98 Å². The van der Waals surface area contributed by atoms with Gasteiger partial charge in [-0.2, -0.15) is 5.26 Å². The summed E-state index contributed by atoms with van der Waals surface area (Å²) in [6, 6.07) is 54.8. The molecule has 3 aromatic heterocycles. The normalized spacial score (nSPS) is 11.1. The van der Waals surface area contributed by atoms with E-state index >= 15 is 0 Å². The molecule has 9 aromatic rings. The van der Waals surface area contributed by atoms with Gasteiger partial charge < -0.3 is 4.42 Å². The first kappa shape index (κ1) is 29.9. The molecule has 238 valence electrons. The maximum absolute atomic E-state index is 9.35. The Balaban J connectivity index is 1.13. The Labute approximate surface area is 294 Å². The molecule has 0 atom stereocenters. The zero-order valence-electron chi connectivity index (χ0n) is 27.2. The van der Waals surface area contributed by atoms with Crippen LogP contribution in [0.1, 0.15) is 5.56 Å². The molecule has 3 heterocycles. The van der Waals surface area contributed by atoms with Crippen LogP contribution < -0.4 is 0 Å². The lowest BCUT2D eigenvalue weighted by atomic mass is 9.96. The van der Waals surface area contributed by atoms with Crippen LogP contribution in [0.25, 0.3) is 89.6 Å². The molecule has 6 heteroatoms. The molecule has 6 nitrogen and oxygen atoms in total. The van der Waals surface area contributed by atoms with Crippen LogP contribution in [-0.2, 0) is 0 Å². The summed E-state index contributed by atoms with van der Waals surface area (Å²) in [6.07, 6.45) is 1.78. The van der Waals surface area contributed by atoms with Gasteiger partial charge in [0.1, 0.15) is 16.9 Å². The minimum Gasteiger partial charge on any atom is -0.456 e. The molecular weight excluding hydrogens is 627 g/mol. The second-order valence-electron chi connectivity index (χ2n) is 12.2. The smallest absolute Gasteiger partial charge is 0.182 e. The third-order valence-corrected chi connectivity index (χ3v) is 9.02. The third kappa shape index (κ3) is 5.69. The first-order chi connectivity index (χ1) is 25.2. The second-order valence-corrected chi connectivity index (χ2v) is 12.2. The fourth-order valence-corrected chi connectivity index (χ4v) is 6.50. The average molecular weight is 654 g/mol. The summed E-state index contributed by atoms with van der Waals surface area (Å²) in [5.41, 5.74) is 10.8. The topological polar surface area (TPSA) is 88.5 Å². The number of hydrogen-bond acceptors (Lipinski definition) is 6. The van der Waals surface area contributed by atoms with Crippen LogP contribution in [0, 0.1) is 11.3 Å². The van der Waals surface area contributed by atoms with Crippen molar-refractivity contribution in [3.8, 4) is 73.7 Å². The minimum absolute atomic E-state index is 0.460. The van der Waals surface area contributed by atoms with Crippen molar-refractivity contribution < 1.29 is 4.42 Å². The molecule has 0 amide bonds. The van der Waals surface area contributed by atoms with Gasteiger partial charge in [-0.25, -0.2) is 15.0 Å². The molecule has 9 rings (SSSR count). The summed E-state index contributed by atoms with van der Waals surface area (Å²) in [5.74, 6) is 1.53. The highest BCUT2D eigenvalue weighted by atomic mass is 16.3. The van der Waals surface area contributed by atoms with Crippen molar-refractivity contribution in [2.45, 2.75) is 0 Å². The van der Waals surface area contributed by atoms with E-state index < -0.39 is 0 Å². The molecule has 0 aliphatic carbocycles. The summed E-state index contributed by atoms with van der Waals surface area (Å²) in [4.78, 5) is 19.4. The molecule has 0 unspecified atom stereocenters. The fourth-order valence-electron chi connectivity index (χ4n) is 6.50. The largest absolute Gasteiger partial charge is 0.456 e. The van der Waals surface area contributed by atoms with E-state index in [1.54, 1.807) is 12.3 Å². The summed E-state index contributed by atoms with van der Waals surface area (Å²) in [7, 11) is 0. The minimum atomic E-state index is 0.460. The molecular formula is C45H27N5O. The Kier molecular flexibility index (Phi) is 7.42. The maximum atomic E-state index is 9.35.